The van der Waals surface area contributed by atoms with E-state index in [2.05, 4.69) is 9.97 Å². The molecular formula is C21H20F3N3O2S. The quantitative estimate of drug-likeness (QED) is 0.594. The molecule has 158 valence electrons. The van der Waals surface area contributed by atoms with Gasteiger partial charge in [0, 0.05) is 12.2 Å². The molecule has 1 aromatic carbocycles. The third-order valence-corrected chi connectivity index (χ3v) is 5.64. The van der Waals surface area contributed by atoms with Crippen LogP contribution in [0, 0.1) is 4.77 Å². The fourth-order valence-corrected chi connectivity index (χ4v) is 3.97. The number of hydrogen-bond acceptors (Lipinski definition) is 4. The number of pyridine rings is 1. The minimum atomic E-state index is -4.73. The number of ether oxygens (including phenoxy) is 1. The summed E-state index contributed by atoms with van der Waals surface area (Å²) in [6.07, 6.45) is -2.46. The van der Waals surface area contributed by atoms with Gasteiger partial charge in [0.15, 0.2) is 4.77 Å². The highest BCUT2D eigenvalue weighted by Crippen LogP contribution is 2.35. The summed E-state index contributed by atoms with van der Waals surface area (Å²) in [6.45, 7) is 2.82. The van der Waals surface area contributed by atoms with Crippen molar-refractivity contribution in [1.82, 2.24) is 14.5 Å². The second kappa shape index (κ2) is 7.96. The highest BCUT2D eigenvalue weighted by Gasteiger charge is 2.35. The van der Waals surface area contributed by atoms with Crippen LogP contribution in [0.3, 0.4) is 0 Å². The highest BCUT2D eigenvalue weighted by atomic mass is 32.1. The summed E-state index contributed by atoms with van der Waals surface area (Å²) < 4.78 is 48.8. The van der Waals surface area contributed by atoms with Gasteiger partial charge in [-0.15, -0.1) is 0 Å². The average Bonchev–Trinajstić information content (AvgIpc) is 3.23. The van der Waals surface area contributed by atoms with E-state index >= 15 is 0 Å². The van der Waals surface area contributed by atoms with E-state index in [0.717, 1.165) is 30.9 Å². The van der Waals surface area contributed by atoms with Gasteiger partial charge in [0.05, 0.1) is 29.3 Å². The molecule has 4 rings (SSSR count). The summed E-state index contributed by atoms with van der Waals surface area (Å²) in [5, 5.41) is -0.511. The van der Waals surface area contributed by atoms with Crippen LogP contribution in [0.5, 0.6) is 0 Å². The van der Waals surface area contributed by atoms with Crippen LogP contribution < -0.4 is 5.56 Å². The Labute approximate surface area is 175 Å². The monoisotopic (exact) mass is 435 g/mol. The maximum absolute atomic E-state index is 13.9. The number of hydrogen-bond donors (Lipinski definition) is 1. The van der Waals surface area contributed by atoms with Crippen LogP contribution in [-0.2, 0) is 23.9 Å². The second-order valence-electron chi connectivity index (χ2n) is 7.31. The molecule has 1 N–H and O–H groups in total. The van der Waals surface area contributed by atoms with Crippen LogP contribution >= 0.6 is 12.2 Å². The minimum absolute atomic E-state index is 0.0297. The van der Waals surface area contributed by atoms with Crippen molar-refractivity contribution in [3.05, 3.63) is 56.6 Å². The van der Waals surface area contributed by atoms with Crippen molar-refractivity contribution < 1.29 is 17.9 Å². The Bertz CT molecular complexity index is 1190. The minimum Gasteiger partial charge on any atom is -0.376 e. The smallest absolute Gasteiger partial charge is 0.376 e. The SMILES string of the molecule is CCc1ccc(-c2cc(C(F)(F)F)c3c(=O)[nH]c(=S)n(CC4CCCO4)c3n2)cc1. The van der Waals surface area contributed by atoms with Gasteiger partial charge in [-0.2, -0.15) is 13.2 Å². The Kier molecular flexibility index (Phi) is 5.50. The number of H-pyrrole nitrogens is 1. The molecule has 0 saturated carbocycles. The molecule has 1 atom stereocenters. The standard InChI is InChI=1S/C21H20F3N3O2S/c1-2-12-5-7-13(8-6-12)16-10-15(21(22,23)24)17-18(25-16)27(20(30)26-19(17)28)11-14-4-3-9-29-14/h5-8,10,14H,2-4,9,11H2,1H3,(H,26,28,30). The zero-order chi connectivity index (χ0) is 21.5. The lowest BCUT2D eigenvalue weighted by molar-refractivity contribution is -0.136. The molecular weight excluding hydrogens is 415 g/mol. The predicted molar refractivity (Wildman–Crippen MR) is 110 cm³/mol. The number of halogens is 3. The second-order valence-corrected chi connectivity index (χ2v) is 7.69. The summed E-state index contributed by atoms with van der Waals surface area (Å²) in [5.74, 6) is 0. The van der Waals surface area contributed by atoms with Gasteiger partial charge in [-0.05, 0) is 43.1 Å². The molecule has 1 aliphatic rings. The lowest BCUT2D eigenvalue weighted by Gasteiger charge is -2.18. The van der Waals surface area contributed by atoms with Gasteiger partial charge in [0.1, 0.15) is 5.65 Å². The van der Waals surface area contributed by atoms with Gasteiger partial charge in [-0.25, -0.2) is 4.98 Å². The molecule has 1 saturated heterocycles. The molecule has 5 nitrogen and oxygen atoms in total. The molecule has 0 radical (unpaired) electrons. The van der Waals surface area contributed by atoms with Crippen molar-refractivity contribution >= 4 is 23.3 Å². The van der Waals surface area contributed by atoms with E-state index in [4.69, 9.17) is 17.0 Å². The third kappa shape index (κ3) is 3.91. The number of fused-ring (bicyclic) bond motifs is 1. The lowest BCUT2D eigenvalue weighted by atomic mass is 10.0. The molecule has 0 amide bonds. The summed E-state index contributed by atoms with van der Waals surface area (Å²) in [6, 6.07) is 8.10. The van der Waals surface area contributed by atoms with Gasteiger partial charge in [-0.3, -0.25) is 14.3 Å². The van der Waals surface area contributed by atoms with E-state index in [0.29, 0.717) is 12.2 Å². The first kappa shape index (κ1) is 20.7. The first-order valence-corrected chi connectivity index (χ1v) is 10.1. The fraction of sp³-hybridized carbons (Fsp3) is 0.381. The van der Waals surface area contributed by atoms with Crippen molar-refractivity contribution in [3.63, 3.8) is 0 Å². The lowest BCUT2D eigenvalue weighted by Crippen LogP contribution is -2.24. The van der Waals surface area contributed by atoms with E-state index in [-0.39, 0.29) is 28.8 Å². The molecule has 3 heterocycles. The van der Waals surface area contributed by atoms with Crippen LogP contribution in [0.1, 0.15) is 30.9 Å². The number of aromatic nitrogens is 3. The van der Waals surface area contributed by atoms with E-state index in [1.807, 2.05) is 19.1 Å². The molecule has 1 fully saturated rings. The molecule has 0 aliphatic carbocycles. The Hall–Kier alpha value is -2.52. The molecule has 9 heteroatoms. The van der Waals surface area contributed by atoms with Crippen molar-refractivity contribution in [2.75, 3.05) is 6.61 Å². The normalized spacial score (nSPS) is 17.0. The summed E-state index contributed by atoms with van der Waals surface area (Å²) >= 11 is 5.26. The number of aromatic amines is 1. The van der Waals surface area contributed by atoms with Crippen molar-refractivity contribution in [1.29, 1.82) is 0 Å². The molecule has 1 aliphatic heterocycles. The van der Waals surface area contributed by atoms with Crippen molar-refractivity contribution in [2.24, 2.45) is 0 Å². The van der Waals surface area contributed by atoms with E-state index < -0.39 is 22.7 Å². The van der Waals surface area contributed by atoms with Crippen LogP contribution in [-0.4, -0.2) is 27.2 Å². The number of benzene rings is 1. The van der Waals surface area contributed by atoms with Crippen molar-refractivity contribution in [3.8, 4) is 11.3 Å². The zero-order valence-corrected chi connectivity index (χ0v) is 17.1. The average molecular weight is 435 g/mol. The molecule has 30 heavy (non-hydrogen) atoms. The van der Waals surface area contributed by atoms with E-state index in [9.17, 15) is 18.0 Å². The molecule has 3 aromatic rings. The maximum atomic E-state index is 13.9. The van der Waals surface area contributed by atoms with Crippen LogP contribution in [0.25, 0.3) is 22.3 Å². The van der Waals surface area contributed by atoms with Gasteiger partial charge in [0.2, 0.25) is 0 Å². The predicted octanol–water partition coefficient (Wildman–Crippen LogP) is 4.88. The number of nitrogens with zero attached hydrogens (tertiary/aromatic N) is 2. The van der Waals surface area contributed by atoms with Crippen molar-refractivity contribution in [2.45, 2.75) is 45.0 Å². The van der Waals surface area contributed by atoms with Gasteiger partial charge in [-0.1, -0.05) is 31.2 Å². The Morgan fingerprint density at radius 2 is 2.03 bits per heavy atom. The number of alkyl halides is 3. The maximum Gasteiger partial charge on any atom is 0.417 e. The number of nitrogens with one attached hydrogen (secondary N) is 1. The van der Waals surface area contributed by atoms with E-state index in [1.165, 1.54) is 4.57 Å². The number of rotatable bonds is 4. The van der Waals surface area contributed by atoms with Gasteiger partial charge < -0.3 is 4.74 Å². The number of aryl methyl sites for hydroxylation is 1. The topological polar surface area (TPSA) is 59.9 Å². The summed E-state index contributed by atoms with van der Waals surface area (Å²) in [5.41, 5.74) is -0.268. The van der Waals surface area contributed by atoms with Gasteiger partial charge in [0.25, 0.3) is 5.56 Å². The Morgan fingerprint density at radius 1 is 1.30 bits per heavy atom. The molecule has 2 aromatic heterocycles. The highest BCUT2D eigenvalue weighted by molar-refractivity contribution is 7.71. The largest absolute Gasteiger partial charge is 0.417 e. The molecule has 0 spiro atoms. The zero-order valence-electron chi connectivity index (χ0n) is 16.3. The third-order valence-electron chi connectivity index (χ3n) is 5.32. The first-order valence-electron chi connectivity index (χ1n) is 9.74. The van der Waals surface area contributed by atoms with E-state index in [1.54, 1.807) is 12.1 Å². The Morgan fingerprint density at radius 3 is 2.63 bits per heavy atom. The van der Waals surface area contributed by atoms with Gasteiger partial charge >= 0.3 is 6.18 Å². The fourth-order valence-electron chi connectivity index (χ4n) is 3.72. The van der Waals surface area contributed by atoms with Crippen LogP contribution in [0.15, 0.2) is 35.1 Å². The summed E-state index contributed by atoms with van der Waals surface area (Å²) in [7, 11) is 0. The Balaban J connectivity index is 1.99. The first-order chi connectivity index (χ1) is 14.3. The van der Waals surface area contributed by atoms with Crippen LogP contribution in [0.2, 0.25) is 0 Å². The summed E-state index contributed by atoms with van der Waals surface area (Å²) in [4.78, 5) is 19.3. The van der Waals surface area contributed by atoms with Crippen LogP contribution in [0.4, 0.5) is 13.2 Å². The molecule has 0 bridgehead atoms. The molecule has 1 unspecified atom stereocenters.